The number of fused-ring (bicyclic) bond motifs is 2. The minimum atomic E-state index is -0.964. The maximum absolute atomic E-state index is 13.4. The molecule has 3 aromatic carbocycles. The van der Waals surface area contributed by atoms with E-state index < -0.39 is 29.7 Å². The number of likely N-dealkylation sites (tertiary alicyclic amines) is 1. The fourth-order valence-electron chi connectivity index (χ4n) is 8.39. The molecule has 5 aliphatic rings. The van der Waals surface area contributed by atoms with Gasteiger partial charge in [0.05, 0.1) is 28.3 Å². The van der Waals surface area contributed by atoms with Crippen molar-refractivity contribution >= 4 is 46.8 Å². The number of hydrogen-bond donors (Lipinski definition) is 1. The van der Waals surface area contributed by atoms with Gasteiger partial charge >= 0.3 is 0 Å². The molecule has 3 atom stereocenters. The first-order chi connectivity index (χ1) is 25.6. The number of amides is 5. The molecule has 0 aromatic heterocycles. The second-order valence-electron chi connectivity index (χ2n) is 14.9. The van der Waals surface area contributed by atoms with Gasteiger partial charge in [-0.1, -0.05) is 18.5 Å². The zero-order valence-electron chi connectivity index (χ0n) is 29.3. The number of benzene rings is 3. The second kappa shape index (κ2) is 14.0. The van der Waals surface area contributed by atoms with Gasteiger partial charge in [0.25, 0.3) is 17.7 Å². The Morgan fingerprint density at radius 2 is 1.60 bits per heavy atom. The number of nitrogens with zero attached hydrogens (tertiary/aromatic N) is 5. The Hall–Kier alpha value is -5.25. The molecule has 5 amide bonds. The molecule has 53 heavy (non-hydrogen) atoms. The van der Waals surface area contributed by atoms with Crippen LogP contribution in [0.4, 0.5) is 5.69 Å². The number of halogens is 1. The van der Waals surface area contributed by atoms with Crippen molar-refractivity contribution in [3.05, 3.63) is 93.0 Å². The summed E-state index contributed by atoms with van der Waals surface area (Å²) in [7, 11) is 0. The van der Waals surface area contributed by atoms with Crippen molar-refractivity contribution in [1.82, 2.24) is 20.0 Å². The second-order valence-corrected chi connectivity index (χ2v) is 15.3. The highest BCUT2D eigenvalue weighted by Gasteiger charge is 2.45. The lowest BCUT2D eigenvalue weighted by molar-refractivity contribution is -0.136. The largest absolute Gasteiger partial charge is 0.488 e. The van der Waals surface area contributed by atoms with E-state index in [4.69, 9.17) is 21.6 Å². The van der Waals surface area contributed by atoms with Crippen molar-refractivity contribution in [2.24, 2.45) is 11.8 Å². The standard InChI is InChI=1S/C40H39ClN6O6/c1-23-18-46(22-35(23)53-30-7-4-26(17-42)33(41)16-30)38(50)25-2-5-29(6-3-25)45-12-10-24(11-13-45)19-44-20-27-14-31-32(15-28(27)21-44)40(52)47(39(31)51)34-8-9-36(48)43-37(34)49/h2-7,14-16,23-24,34-35H,8-13,18-22H2,1H3,(H,43,48,49)/t23-,34?,35-/m1/s1. The van der Waals surface area contributed by atoms with E-state index in [9.17, 15) is 24.0 Å². The highest BCUT2D eigenvalue weighted by molar-refractivity contribution is 6.31. The van der Waals surface area contributed by atoms with E-state index >= 15 is 0 Å². The summed E-state index contributed by atoms with van der Waals surface area (Å²) in [5.74, 6) is -0.735. The Kier molecular flexibility index (Phi) is 9.16. The minimum Gasteiger partial charge on any atom is -0.488 e. The number of carbonyl (C=O) groups excluding carboxylic acids is 5. The zero-order chi connectivity index (χ0) is 37.0. The van der Waals surface area contributed by atoms with Gasteiger partial charge in [-0.05, 0) is 84.8 Å². The molecular weight excluding hydrogens is 696 g/mol. The molecule has 12 nitrogen and oxygen atoms in total. The van der Waals surface area contributed by atoms with Gasteiger partial charge in [-0.2, -0.15) is 5.26 Å². The summed E-state index contributed by atoms with van der Waals surface area (Å²) in [4.78, 5) is 71.6. The molecule has 3 aromatic rings. The van der Waals surface area contributed by atoms with Crippen LogP contribution in [-0.4, -0.2) is 89.1 Å². The summed E-state index contributed by atoms with van der Waals surface area (Å²) in [6.07, 6.45) is 2.12. The maximum Gasteiger partial charge on any atom is 0.262 e. The van der Waals surface area contributed by atoms with Gasteiger partial charge < -0.3 is 14.5 Å². The smallest absolute Gasteiger partial charge is 0.262 e. The average molecular weight is 735 g/mol. The molecule has 13 heteroatoms. The predicted octanol–water partition coefficient (Wildman–Crippen LogP) is 4.38. The first-order valence-corrected chi connectivity index (χ1v) is 18.5. The highest BCUT2D eigenvalue weighted by atomic mass is 35.5. The number of piperidine rings is 2. The zero-order valence-corrected chi connectivity index (χ0v) is 30.1. The molecule has 5 heterocycles. The topological polar surface area (TPSA) is 143 Å². The number of nitrogens with one attached hydrogen (secondary N) is 1. The van der Waals surface area contributed by atoms with Gasteiger partial charge in [0, 0.05) is 68.9 Å². The minimum absolute atomic E-state index is 0.0247. The van der Waals surface area contributed by atoms with E-state index in [2.05, 4.69) is 22.0 Å². The third-order valence-corrected chi connectivity index (χ3v) is 11.6. The molecule has 5 aliphatic heterocycles. The lowest BCUT2D eigenvalue weighted by Crippen LogP contribution is -2.54. The van der Waals surface area contributed by atoms with Crippen LogP contribution < -0.4 is 15.0 Å². The first-order valence-electron chi connectivity index (χ1n) is 18.2. The summed E-state index contributed by atoms with van der Waals surface area (Å²) in [6, 6.07) is 17.6. The van der Waals surface area contributed by atoms with Crippen LogP contribution in [0.5, 0.6) is 5.75 Å². The summed E-state index contributed by atoms with van der Waals surface area (Å²) in [5.41, 5.74) is 4.86. The SMILES string of the molecule is C[C@@H]1CN(C(=O)c2ccc(N3CCC(CN4Cc5cc6c(cc5C4)C(=O)N(C4CCC(=O)NC4=O)C6=O)CC3)cc2)C[C@H]1Oc1ccc(C#N)c(Cl)c1. The lowest BCUT2D eigenvalue weighted by Gasteiger charge is -2.35. The summed E-state index contributed by atoms with van der Waals surface area (Å²) >= 11 is 6.18. The van der Waals surface area contributed by atoms with E-state index in [0.717, 1.165) is 54.2 Å². The third kappa shape index (κ3) is 6.64. The number of anilines is 1. The molecular formula is C40H39ClN6O6. The van der Waals surface area contributed by atoms with E-state index in [1.54, 1.807) is 18.2 Å². The molecule has 0 aliphatic carbocycles. The Balaban J connectivity index is 0.819. The van der Waals surface area contributed by atoms with Gasteiger partial charge in [0.2, 0.25) is 11.8 Å². The summed E-state index contributed by atoms with van der Waals surface area (Å²) in [6.45, 7) is 7.26. The summed E-state index contributed by atoms with van der Waals surface area (Å²) in [5, 5.41) is 11.7. The Labute approximate surface area is 312 Å². The van der Waals surface area contributed by atoms with Crippen LogP contribution in [0, 0.1) is 23.2 Å². The molecule has 1 unspecified atom stereocenters. The van der Waals surface area contributed by atoms with E-state index in [1.165, 1.54) is 0 Å². The Morgan fingerprint density at radius 1 is 0.925 bits per heavy atom. The molecule has 0 bridgehead atoms. The molecule has 272 valence electrons. The van der Waals surface area contributed by atoms with Gasteiger partial charge in [0.15, 0.2) is 0 Å². The van der Waals surface area contributed by atoms with Gasteiger partial charge in [-0.25, -0.2) is 0 Å². The van der Waals surface area contributed by atoms with Crippen LogP contribution >= 0.6 is 11.6 Å². The lowest BCUT2D eigenvalue weighted by atomic mass is 9.95. The average Bonchev–Trinajstić information content (AvgIpc) is 3.79. The Bertz CT molecular complexity index is 2030. The van der Waals surface area contributed by atoms with E-state index in [-0.39, 0.29) is 30.8 Å². The fourth-order valence-corrected chi connectivity index (χ4v) is 8.61. The summed E-state index contributed by atoms with van der Waals surface area (Å²) < 4.78 is 6.16. The van der Waals surface area contributed by atoms with E-state index in [0.29, 0.717) is 65.1 Å². The third-order valence-electron chi connectivity index (χ3n) is 11.3. The van der Waals surface area contributed by atoms with Crippen LogP contribution in [0.2, 0.25) is 5.02 Å². The van der Waals surface area contributed by atoms with Crippen molar-refractivity contribution in [1.29, 1.82) is 5.26 Å². The van der Waals surface area contributed by atoms with Gasteiger partial charge in [0.1, 0.15) is 24.0 Å². The number of carbonyl (C=O) groups is 5. The van der Waals surface area contributed by atoms with Crippen molar-refractivity contribution < 1.29 is 28.7 Å². The molecule has 3 saturated heterocycles. The highest BCUT2D eigenvalue weighted by Crippen LogP contribution is 2.35. The van der Waals surface area contributed by atoms with Crippen molar-refractivity contribution in [3.8, 4) is 11.8 Å². The molecule has 0 radical (unpaired) electrons. The number of rotatable bonds is 7. The van der Waals surface area contributed by atoms with Crippen molar-refractivity contribution in [2.75, 3.05) is 37.6 Å². The maximum atomic E-state index is 13.4. The molecule has 3 fully saturated rings. The van der Waals surface area contributed by atoms with Crippen molar-refractivity contribution in [2.45, 2.75) is 57.8 Å². The molecule has 8 rings (SSSR count). The predicted molar refractivity (Wildman–Crippen MR) is 194 cm³/mol. The van der Waals surface area contributed by atoms with Crippen molar-refractivity contribution in [3.63, 3.8) is 0 Å². The fraction of sp³-hybridized carbons (Fsp3) is 0.400. The van der Waals surface area contributed by atoms with Crippen LogP contribution in [0.1, 0.15) is 80.4 Å². The van der Waals surface area contributed by atoms with Crippen LogP contribution in [0.15, 0.2) is 54.6 Å². The first kappa shape index (κ1) is 34.8. The van der Waals surface area contributed by atoms with Gasteiger partial charge in [-0.15, -0.1) is 0 Å². The quantitative estimate of drug-likeness (QED) is 0.350. The van der Waals surface area contributed by atoms with E-state index in [1.807, 2.05) is 47.4 Å². The van der Waals surface area contributed by atoms with Crippen LogP contribution in [0.25, 0.3) is 0 Å². The molecule has 0 spiro atoms. The number of nitriles is 1. The molecule has 1 N–H and O–H groups in total. The number of hydrogen-bond acceptors (Lipinski definition) is 9. The molecule has 0 saturated carbocycles. The van der Waals surface area contributed by atoms with Crippen LogP contribution in [-0.2, 0) is 22.7 Å². The Morgan fingerprint density at radius 3 is 2.23 bits per heavy atom. The normalized spacial score (nSPS) is 23.3. The number of imide groups is 2. The van der Waals surface area contributed by atoms with Gasteiger partial charge in [-0.3, -0.25) is 39.1 Å². The number of ether oxygens (including phenoxy) is 1. The monoisotopic (exact) mass is 734 g/mol. The van der Waals surface area contributed by atoms with Crippen LogP contribution in [0.3, 0.4) is 0 Å².